The lowest BCUT2D eigenvalue weighted by Gasteiger charge is -2.53. The third kappa shape index (κ3) is 4.80. The predicted octanol–water partition coefficient (Wildman–Crippen LogP) is 0.532. The fourth-order valence-corrected chi connectivity index (χ4v) is 9.19. The van der Waals surface area contributed by atoms with Gasteiger partial charge < -0.3 is 25.0 Å². The fraction of sp³-hybridized carbons (Fsp3) is 0.920. The predicted molar refractivity (Wildman–Crippen MR) is 138 cm³/mol. The van der Waals surface area contributed by atoms with Crippen LogP contribution in [-0.4, -0.2) is 97.7 Å². The zero-order valence-corrected chi connectivity index (χ0v) is 22.8. The molecule has 1 aliphatic carbocycles. The highest BCUT2D eigenvalue weighted by atomic mass is 35.5. The van der Waals surface area contributed by atoms with E-state index < -0.39 is 0 Å². The first-order valence-electron chi connectivity index (χ1n) is 13.6. The normalized spacial score (nSPS) is 44.1. The first-order chi connectivity index (χ1) is 17.3. The molecule has 36 heavy (non-hydrogen) atoms. The quantitative estimate of drug-likeness (QED) is 0.295. The van der Waals surface area contributed by atoms with Gasteiger partial charge in [-0.3, -0.25) is 20.2 Å². The van der Waals surface area contributed by atoms with Gasteiger partial charge in [-0.15, -0.1) is 23.4 Å². The Morgan fingerprint density at radius 3 is 2.64 bits per heavy atom. The van der Waals surface area contributed by atoms with Gasteiger partial charge in [0.15, 0.2) is 0 Å². The zero-order valence-electron chi connectivity index (χ0n) is 21.2. The molecule has 9 nitrogen and oxygen atoms in total. The molecule has 0 aromatic carbocycles. The molecule has 6 rings (SSSR count). The molecule has 0 bridgehead atoms. The van der Waals surface area contributed by atoms with Crippen LogP contribution in [0.1, 0.15) is 32.6 Å². The molecule has 0 radical (unpaired) electrons. The van der Waals surface area contributed by atoms with Crippen LogP contribution < -0.4 is 21.3 Å². The SMILES string of the molecule is COC1CNC(Cl)CC1C1CC(C)NCC1C(=O)NC1NC2CN(C(=O)C3CC4(COC4)C3)CC2S1. The number of ether oxygens (including phenoxy) is 2. The second-order valence-corrected chi connectivity index (χ2v) is 13.9. The van der Waals surface area contributed by atoms with E-state index in [-0.39, 0.29) is 52.7 Å². The van der Waals surface area contributed by atoms with Crippen molar-refractivity contribution in [1.82, 2.24) is 26.2 Å². The minimum absolute atomic E-state index is 0.0646. The third-order valence-electron chi connectivity index (χ3n) is 9.57. The molecule has 9 unspecified atom stereocenters. The molecule has 11 heteroatoms. The van der Waals surface area contributed by atoms with Crippen molar-refractivity contribution in [3.05, 3.63) is 0 Å². The summed E-state index contributed by atoms with van der Waals surface area (Å²) in [5, 5.41) is 14.0. The van der Waals surface area contributed by atoms with Gasteiger partial charge in [0.2, 0.25) is 11.8 Å². The number of thioether (sulfide) groups is 1. The maximum atomic E-state index is 13.5. The molecule has 5 heterocycles. The molecule has 9 atom stereocenters. The van der Waals surface area contributed by atoms with Crippen molar-refractivity contribution in [2.24, 2.45) is 29.1 Å². The van der Waals surface area contributed by atoms with Crippen molar-refractivity contribution in [3.8, 4) is 0 Å². The maximum absolute atomic E-state index is 13.5. The van der Waals surface area contributed by atoms with Crippen LogP contribution >= 0.6 is 23.4 Å². The number of fused-ring (bicyclic) bond motifs is 1. The fourth-order valence-electron chi connectivity index (χ4n) is 7.49. The Hall–Kier alpha value is -0.620. The summed E-state index contributed by atoms with van der Waals surface area (Å²) in [7, 11) is 1.75. The summed E-state index contributed by atoms with van der Waals surface area (Å²) in [4.78, 5) is 28.6. The highest BCUT2D eigenvalue weighted by molar-refractivity contribution is 8.00. The highest BCUT2D eigenvalue weighted by Crippen LogP contribution is 2.51. The summed E-state index contributed by atoms with van der Waals surface area (Å²) < 4.78 is 11.2. The first-order valence-corrected chi connectivity index (χ1v) is 14.9. The van der Waals surface area contributed by atoms with E-state index in [0.29, 0.717) is 29.2 Å². The number of hydrogen-bond donors (Lipinski definition) is 4. The van der Waals surface area contributed by atoms with Crippen molar-refractivity contribution in [2.45, 2.75) is 67.0 Å². The number of likely N-dealkylation sites (tertiary alicyclic amines) is 1. The first kappa shape index (κ1) is 25.6. The number of nitrogens with one attached hydrogen (secondary N) is 4. The van der Waals surface area contributed by atoms with Crippen LogP contribution in [0.25, 0.3) is 0 Å². The largest absolute Gasteiger partial charge is 0.380 e. The summed E-state index contributed by atoms with van der Waals surface area (Å²) in [5.74, 6) is 0.930. The van der Waals surface area contributed by atoms with Gasteiger partial charge in [0.25, 0.3) is 0 Å². The molecule has 2 amide bonds. The molecule has 0 aromatic heterocycles. The molecule has 0 aromatic rings. The number of piperidine rings is 2. The van der Waals surface area contributed by atoms with Gasteiger partial charge in [0.05, 0.1) is 30.7 Å². The summed E-state index contributed by atoms with van der Waals surface area (Å²) in [6.45, 7) is 6.73. The second kappa shape index (κ2) is 10.2. The number of methoxy groups -OCH3 is 1. The monoisotopic (exact) mass is 541 g/mol. The van der Waals surface area contributed by atoms with Gasteiger partial charge in [-0.1, -0.05) is 0 Å². The van der Waals surface area contributed by atoms with Crippen molar-refractivity contribution in [2.75, 3.05) is 46.5 Å². The topological polar surface area (TPSA) is 104 Å². The summed E-state index contributed by atoms with van der Waals surface area (Å²) in [6, 6.07) is 0.592. The lowest BCUT2D eigenvalue weighted by molar-refractivity contribution is -0.188. The Morgan fingerprint density at radius 1 is 1.14 bits per heavy atom. The standard InChI is InChI=1S/C25H40ClN5O4S/c1-13-3-15(16-4-21(26)28-8-19(16)34-2)17(7-27-13)22(32)30-24-29-18-9-31(10-20(18)36-24)23(33)14-5-25(6-14)11-35-12-25/h13-21,24,27-29H,3-12H2,1-2H3,(H,30,32). The lowest BCUT2D eigenvalue weighted by Crippen LogP contribution is -2.58. The van der Waals surface area contributed by atoms with Crippen molar-refractivity contribution in [1.29, 1.82) is 0 Å². The molecular formula is C25H40ClN5O4S. The number of rotatable bonds is 5. The van der Waals surface area contributed by atoms with Gasteiger partial charge in [0, 0.05) is 62.0 Å². The molecule has 1 saturated carbocycles. The number of carbonyl (C=O) groups is 2. The van der Waals surface area contributed by atoms with Crippen molar-refractivity contribution >= 4 is 35.2 Å². The van der Waals surface area contributed by atoms with Crippen LogP contribution in [0.15, 0.2) is 0 Å². The molecule has 5 saturated heterocycles. The summed E-state index contributed by atoms with van der Waals surface area (Å²) in [5.41, 5.74) is 0.111. The smallest absolute Gasteiger partial charge is 0.226 e. The number of nitrogens with zero attached hydrogens (tertiary/aromatic N) is 1. The van der Waals surface area contributed by atoms with E-state index in [9.17, 15) is 9.59 Å². The minimum Gasteiger partial charge on any atom is -0.380 e. The number of amides is 2. The number of carbonyl (C=O) groups excluding carboxylic acids is 2. The highest BCUT2D eigenvalue weighted by Gasteiger charge is 2.54. The van der Waals surface area contributed by atoms with Gasteiger partial charge in [-0.05, 0) is 44.4 Å². The van der Waals surface area contributed by atoms with E-state index in [1.165, 1.54) is 0 Å². The van der Waals surface area contributed by atoms with Crippen LogP contribution in [0.4, 0.5) is 0 Å². The average molecular weight is 542 g/mol. The molecule has 6 fully saturated rings. The Labute approximate surface area is 222 Å². The van der Waals surface area contributed by atoms with E-state index in [4.69, 9.17) is 21.1 Å². The van der Waals surface area contributed by atoms with Gasteiger partial charge in [0.1, 0.15) is 5.50 Å². The van der Waals surface area contributed by atoms with Crippen LogP contribution in [0.2, 0.25) is 0 Å². The molecular weight excluding hydrogens is 502 g/mol. The maximum Gasteiger partial charge on any atom is 0.226 e. The summed E-state index contributed by atoms with van der Waals surface area (Å²) >= 11 is 8.23. The Kier molecular flexibility index (Phi) is 7.24. The van der Waals surface area contributed by atoms with Gasteiger partial charge in [-0.25, -0.2) is 0 Å². The molecule has 5 aliphatic heterocycles. The van der Waals surface area contributed by atoms with Gasteiger partial charge >= 0.3 is 0 Å². The second-order valence-electron chi connectivity index (χ2n) is 12.0. The molecule has 202 valence electrons. The minimum atomic E-state index is -0.117. The average Bonchev–Trinajstić information content (AvgIpc) is 3.35. The lowest BCUT2D eigenvalue weighted by atomic mass is 9.60. The number of halogens is 1. The third-order valence-corrected chi connectivity index (χ3v) is 11.3. The van der Waals surface area contributed by atoms with E-state index >= 15 is 0 Å². The Bertz CT molecular complexity index is 842. The van der Waals surface area contributed by atoms with E-state index in [1.807, 2.05) is 4.90 Å². The van der Waals surface area contributed by atoms with Crippen LogP contribution in [-0.2, 0) is 19.1 Å². The molecule has 6 aliphatic rings. The van der Waals surface area contributed by atoms with E-state index in [2.05, 4.69) is 28.2 Å². The summed E-state index contributed by atoms with van der Waals surface area (Å²) in [6.07, 6.45) is 3.78. The van der Waals surface area contributed by atoms with Crippen molar-refractivity contribution < 1.29 is 19.1 Å². The number of hydrogen-bond acceptors (Lipinski definition) is 8. The van der Waals surface area contributed by atoms with E-state index in [0.717, 1.165) is 58.5 Å². The Morgan fingerprint density at radius 2 is 1.94 bits per heavy atom. The van der Waals surface area contributed by atoms with Crippen LogP contribution in [0.3, 0.4) is 0 Å². The van der Waals surface area contributed by atoms with Gasteiger partial charge in [-0.2, -0.15) is 0 Å². The van der Waals surface area contributed by atoms with Crippen LogP contribution in [0.5, 0.6) is 0 Å². The molecule has 4 N–H and O–H groups in total. The number of alkyl halides is 1. The zero-order chi connectivity index (χ0) is 25.0. The van der Waals surface area contributed by atoms with Crippen LogP contribution in [0, 0.1) is 29.1 Å². The van der Waals surface area contributed by atoms with Crippen molar-refractivity contribution in [3.63, 3.8) is 0 Å². The van der Waals surface area contributed by atoms with E-state index in [1.54, 1.807) is 18.9 Å². The Balaban J connectivity index is 1.02. The molecule has 1 spiro atoms.